The molecule has 6 rings (SSSR count). The van der Waals surface area contributed by atoms with Crippen LogP contribution in [-0.2, 0) is 9.59 Å². The van der Waals surface area contributed by atoms with E-state index in [4.69, 9.17) is 20.7 Å². The molecular formula is C32H30N6O4. The van der Waals surface area contributed by atoms with Gasteiger partial charge in [-0.1, -0.05) is 49.6 Å². The molecule has 3 aromatic carbocycles. The number of nitrogens with one attached hydrogen (secondary N) is 1. The monoisotopic (exact) mass is 562 g/mol. The Morgan fingerprint density at radius 3 is 2.43 bits per heavy atom. The molecule has 1 aliphatic carbocycles. The predicted octanol–water partition coefficient (Wildman–Crippen LogP) is 4.88. The van der Waals surface area contributed by atoms with Crippen molar-refractivity contribution in [3.8, 4) is 22.6 Å². The van der Waals surface area contributed by atoms with E-state index in [0.29, 0.717) is 5.52 Å². The van der Waals surface area contributed by atoms with Crippen LogP contribution in [0.3, 0.4) is 0 Å². The number of carbonyl (C=O) groups excluding carboxylic acids is 2. The van der Waals surface area contributed by atoms with Gasteiger partial charge in [0.2, 0.25) is 5.91 Å². The van der Waals surface area contributed by atoms with Crippen LogP contribution in [0.15, 0.2) is 72.9 Å². The first-order valence-electron chi connectivity index (χ1n) is 14.0. The zero-order valence-corrected chi connectivity index (χ0v) is 22.9. The van der Waals surface area contributed by atoms with E-state index in [-0.39, 0.29) is 11.6 Å². The van der Waals surface area contributed by atoms with Crippen molar-refractivity contribution in [3.63, 3.8) is 0 Å². The van der Waals surface area contributed by atoms with Gasteiger partial charge in [-0.25, -0.2) is 14.8 Å². The van der Waals surface area contributed by atoms with Crippen molar-refractivity contribution in [2.75, 3.05) is 0 Å². The smallest absolute Gasteiger partial charge is 0.326 e. The largest absolute Gasteiger partial charge is 0.480 e. The summed E-state index contributed by atoms with van der Waals surface area (Å²) in [4.78, 5) is 50.3. The third kappa shape index (κ3) is 5.43. The van der Waals surface area contributed by atoms with E-state index in [0.717, 1.165) is 64.9 Å². The molecule has 212 valence electrons. The first-order valence-corrected chi connectivity index (χ1v) is 14.0. The molecule has 10 heteroatoms. The highest BCUT2D eigenvalue weighted by Crippen LogP contribution is 2.37. The molecule has 0 aliphatic heterocycles. The second-order valence-corrected chi connectivity index (χ2v) is 10.7. The van der Waals surface area contributed by atoms with Gasteiger partial charge in [-0.2, -0.15) is 0 Å². The minimum Gasteiger partial charge on any atom is -0.480 e. The fraction of sp³-hybridized carbons (Fsp3) is 0.250. The van der Waals surface area contributed by atoms with Gasteiger partial charge >= 0.3 is 5.97 Å². The zero-order chi connectivity index (χ0) is 29.2. The summed E-state index contributed by atoms with van der Waals surface area (Å²) in [6.07, 6.45) is 6.80. The summed E-state index contributed by atoms with van der Waals surface area (Å²) in [5.74, 6) is -1.98. The molecule has 0 spiro atoms. The summed E-state index contributed by atoms with van der Waals surface area (Å²) in [5.41, 5.74) is 11.2. The van der Waals surface area contributed by atoms with Crippen molar-refractivity contribution in [1.29, 1.82) is 0 Å². The Morgan fingerprint density at radius 2 is 1.69 bits per heavy atom. The lowest BCUT2D eigenvalue weighted by molar-refractivity contribution is -0.140. The first-order chi connectivity index (χ1) is 20.4. The van der Waals surface area contributed by atoms with Gasteiger partial charge in [0.15, 0.2) is 0 Å². The summed E-state index contributed by atoms with van der Waals surface area (Å²) in [6.45, 7) is 0. The third-order valence-corrected chi connectivity index (χ3v) is 7.77. The average molecular weight is 563 g/mol. The number of hydrogen-bond donors (Lipinski definition) is 3. The van der Waals surface area contributed by atoms with Gasteiger partial charge < -0.3 is 20.7 Å². The Balaban J connectivity index is 1.39. The van der Waals surface area contributed by atoms with E-state index < -0.39 is 30.2 Å². The van der Waals surface area contributed by atoms with E-state index in [9.17, 15) is 19.5 Å². The fourth-order valence-corrected chi connectivity index (χ4v) is 5.69. The molecule has 4 N–H and O–H groups in total. The van der Waals surface area contributed by atoms with Crippen LogP contribution in [0.1, 0.15) is 54.9 Å². The second kappa shape index (κ2) is 11.4. The Morgan fingerprint density at radius 1 is 0.905 bits per heavy atom. The Kier molecular flexibility index (Phi) is 7.35. The van der Waals surface area contributed by atoms with Gasteiger partial charge in [-0.15, -0.1) is 0 Å². The molecule has 2 aromatic heterocycles. The molecule has 0 unspecified atom stereocenters. The van der Waals surface area contributed by atoms with Crippen LogP contribution >= 0.6 is 0 Å². The molecule has 1 saturated carbocycles. The van der Waals surface area contributed by atoms with Crippen molar-refractivity contribution in [2.45, 2.75) is 50.6 Å². The number of imidazole rings is 1. The first kappa shape index (κ1) is 27.1. The molecule has 10 nitrogen and oxygen atoms in total. The summed E-state index contributed by atoms with van der Waals surface area (Å²) < 4.78 is 2.26. The second-order valence-electron chi connectivity index (χ2n) is 10.7. The average Bonchev–Trinajstić information content (AvgIpc) is 3.39. The Bertz CT molecular complexity index is 1810. The number of nitrogens with zero attached hydrogens (tertiary/aromatic N) is 4. The zero-order valence-electron chi connectivity index (χ0n) is 22.9. The molecule has 1 fully saturated rings. The van der Waals surface area contributed by atoms with Gasteiger partial charge in [0.25, 0.3) is 5.91 Å². The molecule has 1 aliphatic rings. The topological polar surface area (TPSA) is 153 Å². The number of hydrogen-bond acceptors (Lipinski definition) is 6. The molecular weight excluding hydrogens is 532 g/mol. The van der Waals surface area contributed by atoms with Crippen molar-refractivity contribution in [2.24, 2.45) is 5.73 Å². The van der Waals surface area contributed by atoms with Gasteiger partial charge in [-0.05, 0) is 49.2 Å². The maximum atomic E-state index is 12.9. The standard InChI is InChI=1S/C32H30N6O4/c33-29(39)17-26(32(41)42)37-31(40)21-12-14-28-25(16-21)36-30(38(28)22-9-5-2-6-10-22)20-11-13-23-24(15-20)34-18-27(35-23)19-7-3-1-4-8-19/h1,3-4,7-8,11-16,18,22,26H,2,5-6,9-10,17H2,(H2,33,39)(H,37,40)(H,41,42)/t26-/m0/s1. The summed E-state index contributed by atoms with van der Waals surface area (Å²) >= 11 is 0. The highest BCUT2D eigenvalue weighted by Gasteiger charge is 2.25. The van der Waals surface area contributed by atoms with Gasteiger partial charge in [-0.3, -0.25) is 14.6 Å². The number of rotatable bonds is 8. The molecule has 2 amide bonds. The fourth-order valence-electron chi connectivity index (χ4n) is 5.69. The van der Waals surface area contributed by atoms with E-state index in [1.54, 1.807) is 18.3 Å². The summed E-state index contributed by atoms with van der Waals surface area (Å²) in [5, 5.41) is 11.8. The third-order valence-electron chi connectivity index (χ3n) is 7.77. The van der Waals surface area contributed by atoms with Crippen LogP contribution in [-0.4, -0.2) is 48.5 Å². The molecule has 5 aromatic rings. The normalized spacial score (nSPS) is 14.6. The van der Waals surface area contributed by atoms with E-state index in [1.807, 2.05) is 54.6 Å². The molecule has 0 bridgehead atoms. The Labute approximate surface area is 241 Å². The van der Waals surface area contributed by atoms with E-state index in [2.05, 4.69) is 9.88 Å². The van der Waals surface area contributed by atoms with Crippen LogP contribution in [0.4, 0.5) is 0 Å². The van der Waals surface area contributed by atoms with Crippen LogP contribution < -0.4 is 11.1 Å². The highest BCUT2D eigenvalue weighted by molar-refractivity contribution is 6.00. The number of aliphatic carboxylic acids is 1. The predicted molar refractivity (Wildman–Crippen MR) is 159 cm³/mol. The lowest BCUT2D eigenvalue weighted by Gasteiger charge is -2.25. The van der Waals surface area contributed by atoms with E-state index >= 15 is 0 Å². The highest BCUT2D eigenvalue weighted by atomic mass is 16.4. The van der Waals surface area contributed by atoms with Gasteiger partial charge in [0.1, 0.15) is 11.9 Å². The number of aromatic nitrogens is 4. The SMILES string of the molecule is NC(=O)C[C@H](NC(=O)c1ccc2c(c1)nc(-c1ccc3nc(-c4ccccc4)cnc3c1)n2C1CCCCC1)C(=O)O. The van der Waals surface area contributed by atoms with Crippen LogP contribution in [0.25, 0.3) is 44.7 Å². The van der Waals surface area contributed by atoms with Crippen LogP contribution in [0.2, 0.25) is 0 Å². The van der Waals surface area contributed by atoms with E-state index in [1.165, 1.54) is 6.42 Å². The number of nitrogens with two attached hydrogens (primary N) is 1. The number of fused-ring (bicyclic) bond motifs is 2. The lowest BCUT2D eigenvalue weighted by atomic mass is 9.94. The minimum absolute atomic E-state index is 0.246. The lowest BCUT2D eigenvalue weighted by Crippen LogP contribution is -2.43. The van der Waals surface area contributed by atoms with Gasteiger partial charge in [0.05, 0.1) is 40.4 Å². The Hall–Kier alpha value is -5.12. The van der Waals surface area contributed by atoms with Crippen molar-refractivity contribution < 1.29 is 19.5 Å². The van der Waals surface area contributed by atoms with Crippen molar-refractivity contribution in [1.82, 2.24) is 24.8 Å². The molecule has 0 saturated heterocycles. The number of carboxylic acids is 1. The number of amides is 2. The number of benzene rings is 3. The van der Waals surface area contributed by atoms with Crippen LogP contribution in [0.5, 0.6) is 0 Å². The molecule has 42 heavy (non-hydrogen) atoms. The maximum Gasteiger partial charge on any atom is 0.326 e. The number of primary amides is 1. The maximum absolute atomic E-state index is 12.9. The minimum atomic E-state index is -1.41. The van der Waals surface area contributed by atoms with Crippen molar-refractivity contribution >= 4 is 39.9 Å². The van der Waals surface area contributed by atoms with Gasteiger partial charge in [0, 0.05) is 22.7 Å². The molecule has 0 radical (unpaired) electrons. The summed E-state index contributed by atoms with van der Waals surface area (Å²) in [7, 11) is 0. The number of carbonyl (C=O) groups is 3. The summed E-state index contributed by atoms with van der Waals surface area (Å²) in [6, 6.07) is 19.9. The molecule has 2 heterocycles. The van der Waals surface area contributed by atoms with Crippen LogP contribution in [0, 0.1) is 0 Å². The molecule has 1 atom stereocenters. The quantitative estimate of drug-likeness (QED) is 0.244. The number of carboxylic acid groups (broad SMARTS) is 1. The van der Waals surface area contributed by atoms with Crippen molar-refractivity contribution in [3.05, 3.63) is 78.5 Å².